The Morgan fingerprint density at radius 2 is 1.83 bits per heavy atom. The fraction of sp³-hybridized carbons (Fsp3) is 0.250. The summed E-state index contributed by atoms with van der Waals surface area (Å²) in [6, 6.07) is 4.61. The van der Waals surface area contributed by atoms with E-state index in [0.717, 1.165) is 4.90 Å². The predicted molar refractivity (Wildman–Crippen MR) is 64.6 cm³/mol. The summed E-state index contributed by atoms with van der Waals surface area (Å²) in [7, 11) is 0. The SMILES string of the molecule is NC(=O)CCCN1C(=O)c2ccc(N)cc2C1=O. The minimum absolute atomic E-state index is 0.148. The lowest BCUT2D eigenvalue weighted by Crippen LogP contribution is -2.31. The average Bonchev–Trinajstić information content (AvgIpc) is 2.53. The standard InChI is InChI=1S/C12H13N3O3/c13-7-3-4-8-9(6-7)12(18)15(11(8)17)5-1-2-10(14)16/h3-4,6H,1-2,5,13H2,(H2,14,16). The van der Waals surface area contributed by atoms with Crippen LogP contribution in [0.1, 0.15) is 33.6 Å². The van der Waals surface area contributed by atoms with Crippen molar-refractivity contribution in [1.82, 2.24) is 4.90 Å². The van der Waals surface area contributed by atoms with Gasteiger partial charge in [-0.1, -0.05) is 0 Å². The summed E-state index contributed by atoms with van der Waals surface area (Å²) in [5, 5.41) is 0. The molecule has 1 aliphatic rings. The summed E-state index contributed by atoms with van der Waals surface area (Å²) in [6.07, 6.45) is 0.520. The second-order valence-electron chi connectivity index (χ2n) is 4.14. The van der Waals surface area contributed by atoms with Gasteiger partial charge in [-0.25, -0.2) is 0 Å². The van der Waals surface area contributed by atoms with E-state index in [0.29, 0.717) is 23.2 Å². The lowest BCUT2D eigenvalue weighted by Gasteiger charge is -2.12. The van der Waals surface area contributed by atoms with Crippen LogP contribution in [0.5, 0.6) is 0 Å². The highest BCUT2D eigenvalue weighted by Gasteiger charge is 2.34. The molecule has 1 aromatic rings. The number of hydrogen-bond acceptors (Lipinski definition) is 4. The van der Waals surface area contributed by atoms with E-state index in [1.54, 1.807) is 12.1 Å². The largest absolute Gasteiger partial charge is 0.399 e. The minimum Gasteiger partial charge on any atom is -0.399 e. The smallest absolute Gasteiger partial charge is 0.261 e. The van der Waals surface area contributed by atoms with E-state index in [1.165, 1.54) is 6.07 Å². The van der Waals surface area contributed by atoms with Crippen molar-refractivity contribution in [2.75, 3.05) is 12.3 Å². The van der Waals surface area contributed by atoms with Crippen molar-refractivity contribution in [3.8, 4) is 0 Å². The lowest BCUT2D eigenvalue weighted by molar-refractivity contribution is -0.118. The van der Waals surface area contributed by atoms with Crippen molar-refractivity contribution in [3.05, 3.63) is 29.3 Å². The van der Waals surface area contributed by atoms with Gasteiger partial charge in [-0.15, -0.1) is 0 Å². The molecule has 0 bridgehead atoms. The zero-order valence-electron chi connectivity index (χ0n) is 9.68. The number of nitrogens with two attached hydrogens (primary N) is 2. The van der Waals surface area contributed by atoms with Crippen LogP contribution in [0.4, 0.5) is 5.69 Å². The third kappa shape index (κ3) is 2.04. The number of anilines is 1. The molecule has 6 nitrogen and oxygen atoms in total. The Morgan fingerprint density at radius 1 is 1.17 bits per heavy atom. The first-order chi connectivity index (χ1) is 8.50. The van der Waals surface area contributed by atoms with Crippen molar-refractivity contribution >= 4 is 23.4 Å². The normalized spacial score (nSPS) is 13.9. The number of nitrogen functional groups attached to an aromatic ring is 1. The molecule has 0 saturated carbocycles. The fourth-order valence-electron chi connectivity index (χ4n) is 1.92. The highest BCUT2D eigenvalue weighted by atomic mass is 16.2. The number of nitrogens with zero attached hydrogens (tertiary/aromatic N) is 1. The van der Waals surface area contributed by atoms with Crippen LogP contribution in [0.25, 0.3) is 0 Å². The van der Waals surface area contributed by atoms with Gasteiger partial charge in [-0.3, -0.25) is 19.3 Å². The van der Waals surface area contributed by atoms with E-state index in [9.17, 15) is 14.4 Å². The van der Waals surface area contributed by atoms with Crippen LogP contribution in [0.15, 0.2) is 18.2 Å². The third-order valence-electron chi connectivity index (χ3n) is 2.80. The van der Waals surface area contributed by atoms with Crippen LogP contribution in [0, 0.1) is 0 Å². The average molecular weight is 247 g/mol. The van der Waals surface area contributed by atoms with Crippen LogP contribution in [0.3, 0.4) is 0 Å². The molecular weight excluding hydrogens is 234 g/mol. The highest BCUT2D eigenvalue weighted by molar-refractivity contribution is 6.21. The van der Waals surface area contributed by atoms with Gasteiger partial charge < -0.3 is 11.5 Å². The first-order valence-corrected chi connectivity index (χ1v) is 5.54. The molecule has 0 saturated heterocycles. The van der Waals surface area contributed by atoms with Crippen molar-refractivity contribution in [1.29, 1.82) is 0 Å². The van der Waals surface area contributed by atoms with E-state index >= 15 is 0 Å². The van der Waals surface area contributed by atoms with E-state index < -0.39 is 5.91 Å². The van der Waals surface area contributed by atoms with Gasteiger partial charge in [0.25, 0.3) is 11.8 Å². The fourth-order valence-corrected chi connectivity index (χ4v) is 1.92. The number of benzene rings is 1. The van der Waals surface area contributed by atoms with Gasteiger partial charge in [0.05, 0.1) is 11.1 Å². The summed E-state index contributed by atoms with van der Waals surface area (Å²) in [5.74, 6) is -1.16. The molecule has 0 spiro atoms. The van der Waals surface area contributed by atoms with Crippen LogP contribution < -0.4 is 11.5 Å². The molecule has 1 heterocycles. The molecule has 0 unspecified atom stereocenters. The first kappa shape index (κ1) is 12.1. The van der Waals surface area contributed by atoms with Gasteiger partial charge in [0.2, 0.25) is 5.91 Å². The van der Waals surface area contributed by atoms with Crippen molar-refractivity contribution in [2.24, 2.45) is 5.73 Å². The minimum atomic E-state index is -0.448. The Hall–Kier alpha value is -2.37. The monoisotopic (exact) mass is 247 g/mol. The maximum atomic E-state index is 12.0. The summed E-state index contributed by atoms with van der Waals surface area (Å²) < 4.78 is 0. The quantitative estimate of drug-likeness (QED) is 0.582. The topological polar surface area (TPSA) is 106 Å². The number of carbonyl (C=O) groups is 3. The predicted octanol–water partition coefficient (Wildman–Crippen LogP) is 0.130. The summed E-state index contributed by atoms with van der Waals surface area (Å²) >= 11 is 0. The first-order valence-electron chi connectivity index (χ1n) is 5.54. The lowest BCUT2D eigenvalue weighted by atomic mass is 10.1. The van der Waals surface area contributed by atoms with E-state index in [-0.39, 0.29) is 24.8 Å². The molecule has 0 aromatic heterocycles. The summed E-state index contributed by atoms with van der Waals surface area (Å²) in [6.45, 7) is 0.190. The Kier molecular flexibility index (Phi) is 3.01. The molecule has 6 heteroatoms. The number of imide groups is 1. The molecule has 94 valence electrons. The number of hydrogen-bond donors (Lipinski definition) is 2. The molecule has 0 aliphatic carbocycles. The molecule has 0 radical (unpaired) electrons. The second-order valence-corrected chi connectivity index (χ2v) is 4.14. The van der Waals surface area contributed by atoms with Gasteiger partial charge in [0.15, 0.2) is 0 Å². The number of rotatable bonds is 4. The Bertz CT molecular complexity index is 539. The van der Waals surface area contributed by atoms with Gasteiger partial charge in [-0.2, -0.15) is 0 Å². The summed E-state index contributed by atoms with van der Waals surface area (Å²) in [4.78, 5) is 35.6. The number of amides is 3. The number of carbonyl (C=O) groups excluding carboxylic acids is 3. The molecular formula is C12H13N3O3. The molecule has 4 N–H and O–H groups in total. The van der Waals surface area contributed by atoms with Gasteiger partial charge in [0, 0.05) is 18.7 Å². The number of fused-ring (bicyclic) bond motifs is 1. The van der Waals surface area contributed by atoms with E-state index in [1.807, 2.05) is 0 Å². The Balaban J connectivity index is 2.15. The van der Waals surface area contributed by atoms with Crippen LogP contribution in [0.2, 0.25) is 0 Å². The maximum absolute atomic E-state index is 12.0. The zero-order chi connectivity index (χ0) is 13.3. The van der Waals surface area contributed by atoms with Gasteiger partial charge in [-0.05, 0) is 24.6 Å². The molecule has 2 rings (SSSR count). The van der Waals surface area contributed by atoms with Crippen LogP contribution in [-0.4, -0.2) is 29.2 Å². The van der Waals surface area contributed by atoms with Crippen LogP contribution in [-0.2, 0) is 4.79 Å². The Morgan fingerprint density at radius 3 is 2.50 bits per heavy atom. The van der Waals surface area contributed by atoms with Crippen LogP contribution >= 0.6 is 0 Å². The van der Waals surface area contributed by atoms with Crippen molar-refractivity contribution in [3.63, 3.8) is 0 Å². The van der Waals surface area contributed by atoms with Crippen molar-refractivity contribution < 1.29 is 14.4 Å². The molecule has 0 atom stereocenters. The summed E-state index contributed by atoms with van der Waals surface area (Å²) in [5.41, 5.74) is 11.7. The van der Waals surface area contributed by atoms with Gasteiger partial charge >= 0.3 is 0 Å². The molecule has 18 heavy (non-hydrogen) atoms. The third-order valence-corrected chi connectivity index (χ3v) is 2.80. The molecule has 1 aromatic carbocycles. The number of primary amides is 1. The van der Waals surface area contributed by atoms with E-state index in [4.69, 9.17) is 11.5 Å². The Labute approximate surface area is 104 Å². The maximum Gasteiger partial charge on any atom is 0.261 e. The van der Waals surface area contributed by atoms with Gasteiger partial charge in [0.1, 0.15) is 0 Å². The molecule has 0 fully saturated rings. The van der Waals surface area contributed by atoms with Crippen molar-refractivity contribution in [2.45, 2.75) is 12.8 Å². The highest BCUT2D eigenvalue weighted by Crippen LogP contribution is 2.24. The second kappa shape index (κ2) is 4.48. The molecule has 1 aliphatic heterocycles. The van der Waals surface area contributed by atoms with E-state index in [2.05, 4.69) is 0 Å². The molecule has 3 amide bonds. The zero-order valence-corrected chi connectivity index (χ0v) is 9.68.